The minimum Gasteiger partial charge on any atom is -0.352 e. The zero-order chi connectivity index (χ0) is 15.6. The van der Waals surface area contributed by atoms with E-state index in [9.17, 15) is 9.18 Å². The minimum atomic E-state index is -0.516. The van der Waals surface area contributed by atoms with Crippen molar-refractivity contribution in [1.29, 1.82) is 0 Å². The van der Waals surface area contributed by atoms with Gasteiger partial charge in [0, 0.05) is 17.4 Å². The molecule has 4 nitrogen and oxygen atoms in total. The van der Waals surface area contributed by atoms with Gasteiger partial charge in [-0.1, -0.05) is 24.3 Å². The average molecular weight is 305 g/mol. The number of aryl methyl sites for hydroxylation is 1. The van der Waals surface area contributed by atoms with Crippen LogP contribution in [0.2, 0.25) is 0 Å². The number of H-pyrrole nitrogens is 1. The highest BCUT2D eigenvalue weighted by Crippen LogP contribution is 2.33. The summed E-state index contributed by atoms with van der Waals surface area (Å²) in [6.07, 6.45) is 0.730. The van der Waals surface area contributed by atoms with Crippen molar-refractivity contribution in [1.82, 2.24) is 14.5 Å². The van der Waals surface area contributed by atoms with Crippen molar-refractivity contribution < 1.29 is 4.39 Å². The number of para-hydroxylation sites is 1. The van der Waals surface area contributed by atoms with Gasteiger partial charge in [0.15, 0.2) is 5.82 Å². The lowest BCUT2D eigenvalue weighted by molar-refractivity contribution is 0.624. The molecule has 5 heteroatoms. The van der Waals surface area contributed by atoms with Crippen LogP contribution in [0.1, 0.15) is 5.56 Å². The topological polar surface area (TPSA) is 50.7 Å². The third-order valence-corrected chi connectivity index (χ3v) is 4.56. The Morgan fingerprint density at radius 3 is 2.91 bits per heavy atom. The number of benzene rings is 2. The number of nitrogens with one attached hydrogen (secondary N) is 1. The number of aromatic amines is 1. The van der Waals surface area contributed by atoms with E-state index in [-0.39, 0.29) is 10.9 Å². The van der Waals surface area contributed by atoms with E-state index < -0.39 is 5.82 Å². The maximum atomic E-state index is 14.0. The SMILES string of the molecule is O=c1c2c(F)cccc2nc2n1CCc1c-2[nH]c2ccccc12. The Kier molecular flexibility index (Phi) is 2.34. The maximum Gasteiger partial charge on any atom is 0.264 e. The highest BCUT2D eigenvalue weighted by molar-refractivity contribution is 5.91. The summed E-state index contributed by atoms with van der Waals surface area (Å²) in [6, 6.07) is 12.6. The zero-order valence-electron chi connectivity index (χ0n) is 12.1. The molecular formula is C18H12FN3O. The van der Waals surface area contributed by atoms with Gasteiger partial charge in [-0.05, 0) is 30.2 Å². The Morgan fingerprint density at radius 2 is 2.00 bits per heavy atom. The molecule has 0 amide bonds. The van der Waals surface area contributed by atoms with E-state index in [0.717, 1.165) is 23.0 Å². The molecule has 0 saturated carbocycles. The molecule has 112 valence electrons. The molecule has 4 aromatic rings. The Balaban J connectivity index is 1.93. The summed E-state index contributed by atoms with van der Waals surface area (Å²) >= 11 is 0. The fraction of sp³-hybridized carbons (Fsp3) is 0.111. The van der Waals surface area contributed by atoms with Crippen LogP contribution in [0.4, 0.5) is 4.39 Å². The lowest BCUT2D eigenvalue weighted by atomic mass is 10.0. The first-order valence-electron chi connectivity index (χ1n) is 7.53. The largest absolute Gasteiger partial charge is 0.352 e. The highest BCUT2D eigenvalue weighted by atomic mass is 19.1. The molecule has 1 N–H and O–H groups in total. The summed E-state index contributed by atoms with van der Waals surface area (Å²) in [4.78, 5) is 20.6. The van der Waals surface area contributed by atoms with Crippen molar-refractivity contribution in [3.05, 3.63) is 64.2 Å². The van der Waals surface area contributed by atoms with E-state index in [1.54, 1.807) is 16.7 Å². The van der Waals surface area contributed by atoms with Crippen LogP contribution in [0.3, 0.4) is 0 Å². The van der Waals surface area contributed by atoms with E-state index in [1.807, 2.05) is 18.2 Å². The van der Waals surface area contributed by atoms with Gasteiger partial charge in [-0.25, -0.2) is 9.37 Å². The number of hydrogen-bond donors (Lipinski definition) is 1. The molecule has 0 aliphatic carbocycles. The van der Waals surface area contributed by atoms with Crippen LogP contribution < -0.4 is 5.56 Å². The molecule has 1 aliphatic rings. The van der Waals surface area contributed by atoms with Gasteiger partial charge in [-0.3, -0.25) is 9.36 Å². The van der Waals surface area contributed by atoms with E-state index in [1.165, 1.54) is 11.6 Å². The summed E-state index contributed by atoms with van der Waals surface area (Å²) in [6.45, 7) is 0.514. The number of nitrogens with zero attached hydrogens (tertiary/aromatic N) is 2. The van der Waals surface area contributed by atoms with Crippen LogP contribution in [-0.4, -0.2) is 14.5 Å². The zero-order valence-corrected chi connectivity index (χ0v) is 12.1. The van der Waals surface area contributed by atoms with Gasteiger partial charge in [0.1, 0.15) is 11.2 Å². The van der Waals surface area contributed by atoms with E-state index in [2.05, 4.69) is 16.0 Å². The summed E-state index contributed by atoms with van der Waals surface area (Å²) in [5.41, 5.74) is 3.14. The fourth-order valence-electron chi connectivity index (χ4n) is 3.50. The Labute approximate surface area is 130 Å². The summed E-state index contributed by atoms with van der Waals surface area (Å²) in [7, 11) is 0. The number of hydrogen-bond acceptors (Lipinski definition) is 2. The highest BCUT2D eigenvalue weighted by Gasteiger charge is 2.24. The van der Waals surface area contributed by atoms with Gasteiger partial charge >= 0.3 is 0 Å². The van der Waals surface area contributed by atoms with Gasteiger partial charge < -0.3 is 4.98 Å². The third kappa shape index (κ3) is 1.59. The number of halogens is 1. The molecule has 0 atom stereocenters. The second-order valence-electron chi connectivity index (χ2n) is 5.80. The number of rotatable bonds is 0. The van der Waals surface area contributed by atoms with E-state index >= 15 is 0 Å². The van der Waals surface area contributed by atoms with Crippen molar-refractivity contribution >= 4 is 21.8 Å². The van der Waals surface area contributed by atoms with E-state index in [0.29, 0.717) is 17.9 Å². The van der Waals surface area contributed by atoms with Crippen molar-refractivity contribution in [3.8, 4) is 11.5 Å². The lowest BCUT2D eigenvalue weighted by Gasteiger charge is -2.18. The summed E-state index contributed by atoms with van der Waals surface area (Å²) < 4.78 is 15.6. The van der Waals surface area contributed by atoms with Crippen molar-refractivity contribution in [2.24, 2.45) is 0 Å². The average Bonchev–Trinajstić information content (AvgIpc) is 2.94. The lowest BCUT2D eigenvalue weighted by Crippen LogP contribution is -2.28. The van der Waals surface area contributed by atoms with Crippen molar-refractivity contribution in [2.75, 3.05) is 0 Å². The third-order valence-electron chi connectivity index (χ3n) is 4.56. The van der Waals surface area contributed by atoms with Gasteiger partial charge in [-0.15, -0.1) is 0 Å². The maximum absolute atomic E-state index is 14.0. The van der Waals surface area contributed by atoms with Crippen LogP contribution in [-0.2, 0) is 13.0 Å². The number of aromatic nitrogens is 3. The molecule has 5 rings (SSSR count). The predicted octanol–water partition coefficient (Wildman–Crippen LogP) is 3.24. The molecule has 23 heavy (non-hydrogen) atoms. The van der Waals surface area contributed by atoms with Crippen molar-refractivity contribution in [3.63, 3.8) is 0 Å². The molecule has 0 bridgehead atoms. The van der Waals surface area contributed by atoms with Crippen molar-refractivity contribution in [2.45, 2.75) is 13.0 Å². The van der Waals surface area contributed by atoms with Gasteiger partial charge in [0.2, 0.25) is 0 Å². The van der Waals surface area contributed by atoms with E-state index in [4.69, 9.17) is 0 Å². The predicted molar refractivity (Wildman–Crippen MR) is 87.0 cm³/mol. The molecular weight excluding hydrogens is 293 g/mol. The molecule has 0 radical (unpaired) electrons. The second kappa shape index (κ2) is 4.29. The normalized spacial score (nSPS) is 13.3. The van der Waals surface area contributed by atoms with Gasteiger partial charge in [0.25, 0.3) is 5.56 Å². The van der Waals surface area contributed by atoms with Crippen LogP contribution in [0, 0.1) is 5.82 Å². The van der Waals surface area contributed by atoms with Crippen LogP contribution in [0.5, 0.6) is 0 Å². The van der Waals surface area contributed by atoms with Gasteiger partial charge in [-0.2, -0.15) is 0 Å². The monoisotopic (exact) mass is 305 g/mol. The van der Waals surface area contributed by atoms with Crippen LogP contribution >= 0.6 is 0 Å². The molecule has 0 saturated heterocycles. The van der Waals surface area contributed by atoms with Crippen LogP contribution in [0.15, 0.2) is 47.3 Å². The van der Waals surface area contributed by atoms with Crippen LogP contribution in [0.25, 0.3) is 33.3 Å². The molecule has 2 aromatic carbocycles. The Hall–Kier alpha value is -2.95. The quantitative estimate of drug-likeness (QED) is 0.542. The Morgan fingerprint density at radius 1 is 1.13 bits per heavy atom. The first kappa shape index (κ1) is 12.6. The number of fused-ring (bicyclic) bond motifs is 6. The molecule has 3 heterocycles. The first-order valence-corrected chi connectivity index (χ1v) is 7.53. The Bertz CT molecular complexity index is 1160. The molecule has 2 aromatic heterocycles. The molecule has 0 spiro atoms. The standard InChI is InChI=1S/C18H12FN3O/c19-12-5-3-7-14-15(12)18(23)22-9-8-11-10-4-1-2-6-13(10)20-16(11)17(22)21-14/h1-7,20H,8-9H2. The van der Waals surface area contributed by atoms with Gasteiger partial charge in [0.05, 0.1) is 11.2 Å². The first-order chi connectivity index (χ1) is 11.2. The fourth-order valence-corrected chi connectivity index (χ4v) is 3.50. The minimum absolute atomic E-state index is 0.0656. The smallest absolute Gasteiger partial charge is 0.264 e. The second-order valence-corrected chi connectivity index (χ2v) is 5.80. The molecule has 1 aliphatic heterocycles. The summed E-state index contributed by atoms with van der Waals surface area (Å²) in [5.74, 6) is 0.0725. The molecule has 0 unspecified atom stereocenters. The molecule has 0 fully saturated rings. The summed E-state index contributed by atoms with van der Waals surface area (Å²) in [5, 5.41) is 1.22.